The van der Waals surface area contributed by atoms with Gasteiger partial charge in [-0.25, -0.2) is 31.1 Å². The van der Waals surface area contributed by atoms with Crippen LogP contribution in [0.4, 0.5) is 10.5 Å². The number of aryl methyl sites for hydroxylation is 2. The van der Waals surface area contributed by atoms with E-state index in [-0.39, 0.29) is 40.9 Å². The number of anilines is 1. The maximum absolute atomic E-state index is 12.7. The lowest BCUT2D eigenvalue weighted by atomic mass is 9.87. The van der Waals surface area contributed by atoms with E-state index in [9.17, 15) is 21.6 Å². The fourth-order valence-corrected chi connectivity index (χ4v) is 6.21. The highest BCUT2D eigenvalue weighted by Gasteiger charge is 2.17. The molecule has 2 amide bonds. The van der Waals surface area contributed by atoms with Crippen molar-refractivity contribution >= 4 is 31.8 Å². The first kappa shape index (κ1) is 34.2. The third kappa shape index (κ3) is 11.0. The molecule has 234 valence electrons. The number of benzene rings is 3. The number of nitrogens with one attached hydrogen (secondary N) is 4. The van der Waals surface area contributed by atoms with E-state index in [1.165, 1.54) is 0 Å². The first-order chi connectivity index (χ1) is 20.2. The maximum atomic E-state index is 12.7. The van der Waals surface area contributed by atoms with E-state index in [1.807, 2.05) is 43.0 Å². The minimum atomic E-state index is -3.70. The van der Waals surface area contributed by atoms with Gasteiger partial charge in [-0.3, -0.25) is 4.90 Å². The largest absolute Gasteiger partial charge is 0.337 e. The smallest absolute Gasteiger partial charge is 0.319 e. The van der Waals surface area contributed by atoms with E-state index < -0.39 is 20.0 Å². The molecular weight excluding hydrogens is 587 g/mol. The number of urea groups is 1. The van der Waals surface area contributed by atoms with Crippen LogP contribution in [0.1, 0.15) is 37.5 Å². The molecule has 0 fully saturated rings. The minimum absolute atomic E-state index is 0.00684. The second kappa shape index (κ2) is 14.9. The Morgan fingerprint density at radius 1 is 0.651 bits per heavy atom. The highest BCUT2D eigenvalue weighted by molar-refractivity contribution is 7.89. The molecule has 0 unspecified atom stereocenters. The van der Waals surface area contributed by atoms with Gasteiger partial charge in [-0.2, -0.15) is 0 Å². The van der Waals surface area contributed by atoms with E-state index >= 15 is 0 Å². The fourth-order valence-electron chi connectivity index (χ4n) is 4.17. The SMILES string of the molecule is Cc1ccc(S(=O)(=O)NCCN(CCNC(=O)Nc2ccc(C(C)(C)C)cc2)CCNS(=O)(=O)c2ccc(C)cc2)cc1. The Hall–Kier alpha value is -3.29. The van der Waals surface area contributed by atoms with Gasteiger partial charge in [0.15, 0.2) is 0 Å². The molecule has 0 aliphatic carbocycles. The zero-order valence-electron chi connectivity index (χ0n) is 25.5. The van der Waals surface area contributed by atoms with Gasteiger partial charge in [0.05, 0.1) is 9.79 Å². The Kier molecular flexibility index (Phi) is 11.9. The van der Waals surface area contributed by atoms with Crippen molar-refractivity contribution in [2.45, 2.75) is 49.8 Å². The molecule has 0 atom stereocenters. The molecule has 12 heteroatoms. The van der Waals surface area contributed by atoms with Crippen LogP contribution in [0.2, 0.25) is 0 Å². The molecule has 3 aromatic carbocycles. The zero-order chi connectivity index (χ0) is 31.7. The monoisotopic (exact) mass is 629 g/mol. The lowest BCUT2D eigenvalue weighted by Crippen LogP contribution is -2.43. The maximum Gasteiger partial charge on any atom is 0.319 e. The molecule has 0 heterocycles. The van der Waals surface area contributed by atoms with Gasteiger partial charge in [-0.05, 0) is 61.2 Å². The summed E-state index contributed by atoms with van der Waals surface area (Å²) >= 11 is 0. The number of carbonyl (C=O) groups excluding carboxylic acids is 1. The van der Waals surface area contributed by atoms with Crippen molar-refractivity contribution in [3.05, 3.63) is 89.5 Å². The van der Waals surface area contributed by atoms with Crippen molar-refractivity contribution in [2.75, 3.05) is 44.6 Å². The highest BCUT2D eigenvalue weighted by Crippen LogP contribution is 2.23. The van der Waals surface area contributed by atoms with Gasteiger partial charge in [0, 0.05) is 45.0 Å². The fraction of sp³-hybridized carbons (Fsp3) is 0.387. The molecule has 3 aromatic rings. The molecular formula is C31H43N5O5S2. The summed E-state index contributed by atoms with van der Waals surface area (Å²) in [5, 5.41) is 5.63. The Bertz CT molecular complexity index is 1470. The molecule has 0 aromatic heterocycles. The Morgan fingerprint density at radius 3 is 1.49 bits per heavy atom. The van der Waals surface area contributed by atoms with E-state index in [4.69, 9.17) is 0 Å². The zero-order valence-corrected chi connectivity index (χ0v) is 27.1. The van der Waals surface area contributed by atoms with Gasteiger partial charge in [0.25, 0.3) is 0 Å². The predicted octanol–water partition coefficient (Wildman–Crippen LogP) is 3.98. The first-order valence-corrected chi connectivity index (χ1v) is 17.1. The van der Waals surface area contributed by atoms with Crippen LogP contribution in [0.15, 0.2) is 82.6 Å². The van der Waals surface area contributed by atoms with Crippen LogP contribution < -0.4 is 20.1 Å². The molecule has 0 saturated carbocycles. The van der Waals surface area contributed by atoms with Gasteiger partial charge in [0.1, 0.15) is 0 Å². The van der Waals surface area contributed by atoms with Crippen molar-refractivity contribution in [2.24, 2.45) is 0 Å². The molecule has 0 saturated heterocycles. The van der Waals surface area contributed by atoms with Gasteiger partial charge < -0.3 is 10.6 Å². The molecule has 4 N–H and O–H groups in total. The summed E-state index contributed by atoms with van der Waals surface area (Å²) in [5.41, 5.74) is 3.74. The second-order valence-corrected chi connectivity index (χ2v) is 15.0. The summed E-state index contributed by atoms with van der Waals surface area (Å²) in [6.45, 7) is 11.6. The van der Waals surface area contributed by atoms with Gasteiger partial charge in [-0.1, -0.05) is 68.3 Å². The minimum Gasteiger partial charge on any atom is -0.337 e. The Balaban J connectivity index is 1.56. The van der Waals surface area contributed by atoms with Crippen LogP contribution in [-0.2, 0) is 25.5 Å². The van der Waals surface area contributed by atoms with Gasteiger partial charge >= 0.3 is 6.03 Å². The van der Waals surface area contributed by atoms with Crippen LogP contribution in [0, 0.1) is 13.8 Å². The third-order valence-electron chi connectivity index (χ3n) is 6.83. The van der Waals surface area contributed by atoms with E-state index in [0.29, 0.717) is 25.3 Å². The normalized spacial score (nSPS) is 12.3. The average Bonchev–Trinajstić information content (AvgIpc) is 2.93. The lowest BCUT2D eigenvalue weighted by molar-refractivity contribution is 0.246. The third-order valence-corrected chi connectivity index (χ3v) is 9.78. The molecule has 3 rings (SSSR count). The van der Waals surface area contributed by atoms with Gasteiger partial charge in [0.2, 0.25) is 20.0 Å². The summed E-state index contributed by atoms with van der Waals surface area (Å²) in [6, 6.07) is 20.4. The average molecular weight is 630 g/mol. The summed E-state index contributed by atoms with van der Waals surface area (Å²) < 4.78 is 56.1. The molecule has 0 bridgehead atoms. The van der Waals surface area contributed by atoms with Crippen LogP contribution in [0.5, 0.6) is 0 Å². The number of sulfonamides is 2. The molecule has 0 aliphatic heterocycles. The topological polar surface area (TPSA) is 137 Å². The number of hydrogen-bond donors (Lipinski definition) is 4. The van der Waals surface area contributed by atoms with Crippen LogP contribution in [-0.4, -0.2) is 67.0 Å². The van der Waals surface area contributed by atoms with Crippen molar-refractivity contribution in [1.29, 1.82) is 0 Å². The number of rotatable bonds is 14. The quantitative estimate of drug-likeness (QED) is 0.213. The second-order valence-electron chi connectivity index (χ2n) is 11.5. The first-order valence-electron chi connectivity index (χ1n) is 14.2. The van der Waals surface area contributed by atoms with Crippen molar-refractivity contribution in [3.63, 3.8) is 0 Å². The summed E-state index contributed by atoms with van der Waals surface area (Å²) in [7, 11) is -7.41. The number of nitrogens with zero attached hydrogens (tertiary/aromatic N) is 1. The molecule has 0 radical (unpaired) electrons. The predicted molar refractivity (Wildman–Crippen MR) is 171 cm³/mol. The number of amides is 2. The molecule has 10 nitrogen and oxygen atoms in total. The van der Waals surface area contributed by atoms with Gasteiger partial charge in [-0.15, -0.1) is 0 Å². The van der Waals surface area contributed by atoms with Crippen LogP contribution in [0.3, 0.4) is 0 Å². The van der Waals surface area contributed by atoms with Crippen molar-refractivity contribution in [1.82, 2.24) is 19.7 Å². The highest BCUT2D eigenvalue weighted by atomic mass is 32.2. The summed E-state index contributed by atoms with van der Waals surface area (Å²) in [4.78, 5) is 14.7. The van der Waals surface area contributed by atoms with E-state index in [1.54, 1.807) is 48.5 Å². The van der Waals surface area contributed by atoms with Crippen LogP contribution in [0.25, 0.3) is 0 Å². The van der Waals surface area contributed by atoms with Crippen LogP contribution >= 0.6 is 0 Å². The van der Waals surface area contributed by atoms with Crippen molar-refractivity contribution < 1.29 is 21.6 Å². The molecule has 0 spiro atoms. The Morgan fingerprint density at radius 2 is 1.07 bits per heavy atom. The molecule has 0 aliphatic rings. The lowest BCUT2D eigenvalue weighted by Gasteiger charge is -2.23. The summed E-state index contributed by atoms with van der Waals surface area (Å²) in [5.74, 6) is 0. The van der Waals surface area contributed by atoms with Crippen molar-refractivity contribution in [3.8, 4) is 0 Å². The number of carbonyl (C=O) groups is 1. The summed E-state index contributed by atoms with van der Waals surface area (Å²) in [6.07, 6.45) is 0. The Labute approximate surface area is 256 Å². The number of hydrogen-bond acceptors (Lipinski definition) is 6. The van der Waals surface area contributed by atoms with E-state index in [2.05, 4.69) is 40.8 Å². The molecule has 43 heavy (non-hydrogen) atoms. The standard InChI is InChI=1S/C31H43N5O5S2/c1-24-6-14-28(15-7-24)42(38,39)33-19-22-36(23-20-34-43(40,41)29-16-8-25(2)9-17-29)21-18-32-30(37)35-27-12-10-26(11-13-27)31(3,4)5/h6-17,33-34H,18-23H2,1-5H3,(H2,32,35,37). The van der Waals surface area contributed by atoms with E-state index in [0.717, 1.165) is 16.7 Å².